The summed E-state index contributed by atoms with van der Waals surface area (Å²) in [5.41, 5.74) is 2.77. The summed E-state index contributed by atoms with van der Waals surface area (Å²) in [4.78, 5) is 0. The molecule has 1 aliphatic carbocycles. The van der Waals surface area contributed by atoms with Gasteiger partial charge in [0.2, 0.25) is 0 Å². The first-order chi connectivity index (χ1) is 13.2. The van der Waals surface area contributed by atoms with Crippen LogP contribution in [0, 0.1) is 0 Å². The van der Waals surface area contributed by atoms with Gasteiger partial charge in [-0.1, -0.05) is 66.7 Å². The molecule has 0 bridgehead atoms. The predicted octanol–water partition coefficient (Wildman–Crippen LogP) is 4.91. The van der Waals surface area contributed by atoms with Crippen molar-refractivity contribution in [3.05, 3.63) is 95.6 Å². The molecule has 0 radical (unpaired) electrons. The summed E-state index contributed by atoms with van der Waals surface area (Å²) in [5, 5.41) is 10.2. The first kappa shape index (κ1) is 17.6. The molecule has 0 saturated heterocycles. The minimum atomic E-state index is -0.525. The van der Waals surface area contributed by atoms with Gasteiger partial charge in [-0.3, -0.25) is 0 Å². The topological polar surface area (TPSA) is 38.7 Å². The highest BCUT2D eigenvalue weighted by molar-refractivity contribution is 5.44. The van der Waals surface area contributed by atoms with Crippen molar-refractivity contribution in [2.75, 3.05) is 0 Å². The smallest absolute Gasteiger partial charge is 0.161 e. The van der Waals surface area contributed by atoms with Crippen LogP contribution in [0.4, 0.5) is 0 Å². The summed E-state index contributed by atoms with van der Waals surface area (Å²) in [6.07, 6.45) is 2.41. The Labute approximate surface area is 160 Å². The standard InChI is InChI=1S/C24H24O3/c25-24(13-14-24)16-21-11-12-22(26-17-19-7-3-1-4-8-19)23(15-21)27-18-20-9-5-2-6-10-20/h1-12,15,25H,13-14,16-18H2. The molecule has 0 aromatic heterocycles. The van der Waals surface area contributed by atoms with Gasteiger partial charge in [0.25, 0.3) is 0 Å². The molecule has 4 rings (SSSR count). The summed E-state index contributed by atoms with van der Waals surface area (Å²) < 4.78 is 12.1. The highest BCUT2D eigenvalue weighted by Crippen LogP contribution is 2.40. The molecule has 0 aliphatic heterocycles. The third-order valence-corrected chi connectivity index (χ3v) is 4.84. The van der Waals surface area contributed by atoms with Crippen LogP contribution in [0.1, 0.15) is 29.5 Å². The Balaban J connectivity index is 1.50. The van der Waals surface area contributed by atoms with Gasteiger partial charge in [-0.05, 0) is 41.7 Å². The SMILES string of the molecule is OC1(Cc2ccc(OCc3ccccc3)c(OCc3ccccc3)c2)CC1. The van der Waals surface area contributed by atoms with E-state index in [4.69, 9.17) is 9.47 Å². The van der Waals surface area contributed by atoms with Crippen molar-refractivity contribution in [1.82, 2.24) is 0 Å². The first-order valence-corrected chi connectivity index (χ1v) is 9.39. The van der Waals surface area contributed by atoms with E-state index in [0.717, 1.165) is 41.0 Å². The molecule has 138 valence electrons. The summed E-state index contributed by atoms with van der Waals surface area (Å²) in [6.45, 7) is 0.974. The second-order valence-corrected chi connectivity index (χ2v) is 7.23. The van der Waals surface area contributed by atoms with Crippen molar-refractivity contribution >= 4 is 0 Å². The number of benzene rings is 3. The molecule has 0 amide bonds. The lowest BCUT2D eigenvalue weighted by Crippen LogP contribution is -2.11. The van der Waals surface area contributed by atoms with Crippen LogP contribution in [0.15, 0.2) is 78.9 Å². The largest absolute Gasteiger partial charge is 0.485 e. The highest BCUT2D eigenvalue weighted by atomic mass is 16.5. The molecule has 1 saturated carbocycles. The normalized spacial score (nSPS) is 14.6. The van der Waals surface area contributed by atoms with Crippen LogP contribution >= 0.6 is 0 Å². The fourth-order valence-corrected chi connectivity index (χ4v) is 3.07. The number of ether oxygens (including phenoxy) is 2. The van der Waals surface area contributed by atoms with Crippen molar-refractivity contribution in [3.63, 3.8) is 0 Å². The van der Waals surface area contributed by atoms with E-state index in [2.05, 4.69) is 0 Å². The van der Waals surface area contributed by atoms with Gasteiger partial charge in [-0.2, -0.15) is 0 Å². The van der Waals surface area contributed by atoms with Gasteiger partial charge in [0, 0.05) is 6.42 Å². The van der Waals surface area contributed by atoms with Crippen molar-refractivity contribution in [2.24, 2.45) is 0 Å². The zero-order chi connectivity index (χ0) is 18.5. The second kappa shape index (κ2) is 7.85. The van der Waals surface area contributed by atoms with Crippen LogP contribution in [0.25, 0.3) is 0 Å². The second-order valence-electron chi connectivity index (χ2n) is 7.23. The van der Waals surface area contributed by atoms with E-state index in [0.29, 0.717) is 19.6 Å². The first-order valence-electron chi connectivity index (χ1n) is 9.39. The molecule has 0 heterocycles. The van der Waals surface area contributed by atoms with Crippen molar-refractivity contribution in [3.8, 4) is 11.5 Å². The van der Waals surface area contributed by atoms with E-state index in [9.17, 15) is 5.11 Å². The number of aliphatic hydroxyl groups is 1. The quantitative estimate of drug-likeness (QED) is 0.620. The van der Waals surface area contributed by atoms with Gasteiger partial charge in [0.05, 0.1) is 5.60 Å². The lowest BCUT2D eigenvalue weighted by atomic mass is 10.1. The van der Waals surface area contributed by atoms with Gasteiger partial charge in [-0.25, -0.2) is 0 Å². The fraction of sp³-hybridized carbons (Fsp3) is 0.250. The fourth-order valence-electron chi connectivity index (χ4n) is 3.07. The molecule has 0 spiro atoms. The van der Waals surface area contributed by atoms with Gasteiger partial charge in [-0.15, -0.1) is 0 Å². The van der Waals surface area contributed by atoms with E-state index in [1.807, 2.05) is 78.9 Å². The minimum Gasteiger partial charge on any atom is -0.485 e. The lowest BCUT2D eigenvalue weighted by Gasteiger charge is -2.16. The maximum atomic E-state index is 10.2. The third kappa shape index (κ3) is 4.89. The Bertz CT molecular complexity index is 871. The van der Waals surface area contributed by atoms with Crippen LogP contribution in [-0.4, -0.2) is 10.7 Å². The van der Waals surface area contributed by atoms with Gasteiger partial charge < -0.3 is 14.6 Å². The number of hydrogen-bond donors (Lipinski definition) is 1. The number of rotatable bonds is 8. The number of hydrogen-bond acceptors (Lipinski definition) is 3. The molecule has 0 atom stereocenters. The highest BCUT2D eigenvalue weighted by Gasteiger charge is 2.40. The Morgan fingerprint density at radius 2 is 1.22 bits per heavy atom. The molecule has 3 nitrogen and oxygen atoms in total. The van der Waals surface area contributed by atoms with Crippen molar-refractivity contribution < 1.29 is 14.6 Å². The van der Waals surface area contributed by atoms with Crippen molar-refractivity contribution in [2.45, 2.75) is 38.1 Å². The van der Waals surface area contributed by atoms with E-state index in [1.54, 1.807) is 0 Å². The Morgan fingerprint density at radius 1 is 0.667 bits per heavy atom. The average Bonchev–Trinajstić information content (AvgIpc) is 3.44. The average molecular weight is 360 g/mol. The van der Waals surface area contributed by atoms with Crippen LogP contribution < -0.4 is 9.47 Å². The van der Waals surface area contributed by atoms with Gasteiger partial charge >= 0.3 is 0 Å². The van der Waals surface area contributed by atoms with Crippen LogP contribution in [0.3, 0.4) is 0 Å². The molecule has 27 heavy (non-hydrogen) atoms. The Morgan fingerprint density at radius 3 is 1.78 bits per heavy atom. The van der Waals surface area contributed by atoms with E-state index in [-0.39, 0.29) is 0 Å². The molecule has 0 unspecified atom stereocenters. The van der Waals surface area contributed by atoms with Crippen molar-refractivity contribution in [1.29, 1.82) is 0 Å². The van der Waals surface area contributed by atoms with Crippen LogP contribution in [-0.2, 0) is 19.6 Å². The van der Waals surface area contributed by atoms with Gasteiger partial charge in [0.15, 0.2) is 11.5 Å². The minimum absolute atomic E-state index is 0.482. The maximum Gasteiger partial charge on any atom is 0.161 e. The van der Waals surface area contributed by atoms with E-state index < -0.39 is 5.60 Å². The van der Waals surface area contributed by atoms with Crippen LogP contribution in [0.5, 0.6) is 11.5 Å². The third-order valence-electron chi connectivity index (χ3n) is 4.84. The van der Waals surface area contributed by atoms with E-state index >= 15 is 0 Å². The summed E-state index contributed by atoms with van der Waals surface area (Å²) in [7, 11) is 0. The predicted molar refractivity (Wildman–Crippen MR) is 106 cm³/mol. The summed E-state index contributed by atoms with van der Waals surface area (Å²) in [5.74, 6) is 1.44. The zero-order valence-electron chi connectivity index (χ0n) is 15.3. The molecule has 1 fully saturated rings. The monoisotopic (exact) mass is 360 g/mol. The molecular weight excluding hydrogens is 336 g/mol. The van der Waals surface area contributed by atoms with E-state index in [1.165, 1.54) is 0 Å². The summed E-state index contributed by atoms with van der Waals surface area (Å²) >= 11 is 0. The molecule has 1 aliphatic rings. The lowest BCUT2D eigenvalue weighted by molar-refractivity contribution is 0.150. The zero-order valence-corrected chi connectivity index (χ0v) is 15.3. The molecule has 3 aromatic rings. The summed E-state index contributed by atoms with van der Waals surface area (Å²) in [6, 6.07) is 26.1. The molecule has 1 N–H and O–H groups in total. The van der Waals surface area contributed by atoms with Crippen LogP contribution in [0.2, 0.25) is 0 Å². The maximum absolute atomic E-state index is 10.2. The van der Waals surface area contributed by atoms with Gasteiger partial charge in [0.1, 0.15) is 13.2 Å². The molecule has 3 heteroatoms. The molecular formula is C24H24O3. The molecule has 3 aromatic carbocycles. The Hall–Kier alpha value is -2.78. The Kier molecular flexibility index (Phi) is 5.12.